The highest BCUT2D eigenvalue weighted by Crippen LogP contribution is 2.37. The molecule has 1 saturated heterocycles. The molecule has 12 heteroatoms. The van der Waals surface area contributed by atoms with Crippen LogP contribution >= 0.6 is 0 Å². The maximum absolute atomic E-state index is 14.0. The van der Waals surface area contributed by atoms with E-state index in [1.807, 2.05) is 37.9 Å². The number of carbonyl (C=O) groups is 1. The summed E-state index contributed by atoms with van der Waals surface area (Å²) in [6.45, 7) is 5.92. The third kappa shape index (κ3) is 6.95. The normalized spacial score (nSPS) is 14.7. The Morgan fingerprint density at radius 2 is 1.68 bits per heavy atom. The van der Waals surface area contributed by atoms with Crippen LogP contribution in [0.15, 0.2) is 55.3 Å². The Bertz CT molecular complexity index is 1420. The lowest BCUT2D eigenvalue weighted by Gasteiger charge is -2.35. The molecule has 1 aromatic heterocycles. The van der Waals surface area contributed by atoms with Crippen molar-refractivity contribution in [1.82, 2.24) is 19.8 Å². The summed E-state index contributed by atoms with van der Waals surface area (Å²) in [7, 11) is 5.70. The molecule has 3 aromatic rings. The van der Waals surface area contributed by atoms with Gasteiger partial charge in [-0.05, 0) is 56.3 Å². The van der Waals surface area contributed by atoms with Gasteiger partial charge in [-0.2, -0.15) is 13.2 Å². The fourth-order valence-electron chi connectivity index (χ4n) is 4.75. The molecule has 2 heterocycles. The van der Waals surface area contributed by atoms with Gasteiger partial charge in [0.15, 0.2) is 0 Å². The Hall–Kier alpha value is -4.16. The third-order valence-corrected chi connectivity index (χ3v) is 7.14. The van der Waals surface area contributed by atoms with Crippen LogP contribution in [-0.2, 0) is 6.18 Å². The largest absolute Gasteiger partial charge is 0.416 e. The minimum atomic E-state index is -4.60. The molecule has 0 spiro atoms. The number of hydrogen-bond acceptors (Lipinski definition) is 8. The molecule has 0 aliphatic carbocycles. The molecule has 41 heavy (non-hydrogen) atoms. The summed E-state index contributed by atoms with van der Waals surface area (Å²) >= 11 is 0. The summed E-state index contributed by atoms with van der Waals surface area (Å²) in [5, 5.41) is 4.18. The second kappa shape index (κ2) is 12.1. The fraction of sp³-hybridized carbons (Fsp3) is 0.345. The zero-order chi connectivity index (χ0) is 29.9. The van der Waals surface area contributed by atoms with Crippen LogP contribution in [0.1, 0.15) is 32.6 Å². The van der Waals surface area contributed by atoms with Crippen molar-refractivity contribution in [3.8, 4) is 0 Å². The summed E-state index contributed by atoms with van der Waals surface area (Å²) in [4.78, 5) is 27.4. The van der Waals surface area contributed by atoms with Crippen LogP contribution in [0, 0.1) is 13.8 Å². The van der Waals surface area contributed by atoms with Gasteiger partial charge in [0.25, 0.3) is 5.91 Å². The molecule has 0 radical (unpaired) electrons. The molecule has 9 nitrogen and oxygen atoms in total. The number of hydrogen-bond donors (Lipinski definition) is 2. The molecule has 1 aliphatic heterocycles. The van der Waals surface area contributed by atoms with Crippen LogP contribution < -0.4 is 21.1 Å². The molecule has 0 saturated carbocycles. The molecule has 0 bridgehead atoms. The molecule has 4 rings (SSSR count). The van der Waals surface area contributed by atoms with Crippen molar-refractivity contribution >= 4 is 28.7 Å². The van der Waals surface area contributed by atoms with Crippen LogP contribution in [-0.4, -0.2) is 73.0 Å². The van der Waals surface area contributed by atoms with Crippen LogP contribution in [0.2, 0.25) is 0 Å². The first-order valence-corrected chi connectivity index (χ1v) is 13.1. The first-order chi connectivity index (χ1) is 19.3. The highest BCUT2D eigenvalue weighted by Gasteiger charge is 2.35. The zero-order valence-corrected chi connectivity index (χ0v) is 23.8. The number of benzene rings is 2. The number of hydrazine groups is 1. The second-order valence-electron chi connectivity index (χ2n) is 10.4. The Kier molecular flexibility index (Phi) is 8.83. The average Bonchev–Trinajstić information content (AvgIpc) is 2.93. The molecule has 1 aliphatic rings. The maximum Gasteiger partial charge on any atom is 0.416 e. The van der Waals surface area contributed by atoms with E-state index < -0.39 is 17.6 Å². The zero-order valence-electron chi connectivity index (χ0n) is 23.8. The standard InChI is InChI=1S/C29H35F3N8O/c1-19-6-7-23(14-25(19)40(33)17-27(37(3)4)22-15-34-18-35-16-22)36-28(41)21-12-24(29(30,31)32)20(2)26(13-21)39-10-8-38(5)9-11-39/h6-7,12-18H,8-11,33H2,1-5H3,(H,36,41)/b27-17-. The number of piperazine rings is 1. The highest BCUT2D eigenvalue weighted by molar-refractivity contribution is 6.05. The number of halogens is 3. The molecule has 3 N–H and O–H groups in total. The van der Waals surface area contributed by atoms with Crippen LogP contribution in [0.4, 0.5) is 30.2 Å². The van der Waals surface area contributed by atoms with E-state index in [2.05, 4.69) is 20.2 Å². The van der Waals surface area contributed by atoms with Crippen LogP contribution in [0.3, 0.4) is 0 Å². The lowest BCUT2D eigenvalue weighted by molar-refractivity contribution is -0.138. The molecule has 0 unspecified atom stereocenters. The van der Waals surface area contributed by atoms with Crippen molar-refractivity contribution in [2.45, 2.75) is 20.0 Å². The van der Waals surface area contributed by atoms with Gasteiger partial charge in [-0.25, -0.2) is 15.8 Å². The molecule has 1 amide bonds. The number of anilines is 3. The van der Waals surface area contributed by atoms with Crippen LogP contribution in [0.25, 0.3) is 5.70 Å². The smallest absolute Gasteiger partial charge is 0.376 e. The SMILES string of the molecule is Cc1ccc(NC(=O)c2cc(N3CCN(C)CC3)c(C)c(C(F)(F)F)c2)cc1N(N)/C=C(/c1cncnc1)N(C)C. The number of nitrogens with zero attached hydrogens (tertiary/aromatic N) is 6. The number of nitrogens with one attached hydrogen (secondary N) is 1. The summed E-state index contributed by atoms with van der Waals surface area (Å²) in [5.74, 6) is 5.78. The molecular formula is C29H35F3N8O. The van der Waals surface area contributed by atoms with E-state index in [0.29, 0.717) is 30.2 Å². The predicted octanol–water partition coefficient (Wildman–Crippen LogP) is 4.36. The third-order valence-electron chi connectivity index (χ3n) is 7.14. The minimum absolute atomic E-state index is 0.0672. The van der Waals surface area contributed by atoms with Crippen molar-refractivity contribution in [1.29, 1.82) is 0 Å². The van der Waals surface area contributed by atoms with E-state index in [1.54, 1.807) is 42.9 Å². The quantitative estimate of drug-likeness (QED) is 0.321. The lowest BCUT2D eigenvalue weighted by atomic mass is 10.00. The number of alkyl halides is 3. The van der Waals surface area contributed by atoms with Gasteiger partial charge in [-0.3, -0.25) is 9.80 Å². The van der Waals surface area contributed by atoms with E-state index in [-0.39, 0.29) is 11.1 Å². The molecular weight excluding hydrogens is 533 g/mol. The van der Waals surface area contributed by atoms with Gasteiger partial charge in [-0.1, -0.05) is 6.07 Å². The Morgan fingerprint density at radius 3 is 2.29 bits per heavy atom. The number of amides is 1. The first kappa shape index (κ1) is 29.8. The highest BCUT2D eigenvalue weighted by atomic mass is 19.4. The topological polar surface area (TPSA) is 93.9 Å². The number of carbonyl (C=O) groups excluding carboxylic acids is 1. The van der Waals surface area contributed by atoms with E-state index in [4.69, 9.17) is 5.84 Å². The Morgan fingerprint density at radius 1 is 1.02 bits per heavy atom. The molecule has 0 atom stereocenters. The molecule has 218 valence electrons. The lowest BCUT2D eigenvalue weighted by Crippen LogP contribution is -2.45. The van der Waals surface area contributed by atoms with Gasteiger partial charge < -0.3 is 20.0 Å². The number of rotatable bonds is 7. The van der Waals surface area contributed by atoms with Gasteiger partial charge in [-0.15, -0.1) is 0 Å². The van der Waals surface area contributed by atoms with Crippen LogP contribution in [0.5, 0.6) is 0 Å². The number of aromatic nitrogens is 2. The number of nitrogens with two attached hydrogens (primary N) is 1. The summed E-state index contributed by atoms with van der Waals surface area (Å²) in [5.41, 5.74) is 2.97. The van der Waals surface area contributed by atoms with Crippen molar-refractivity contribution < 1.29 is 18.0 Å². The summed E-state index contributed by atoms with van der Waals surface area (Å²) in [6, 6.07) is 7.61. The predicted molar refractivity (Wildman–Crippen MR) is 155 cm³/mol. The Balaban J connectivity index is 1.64. The van der Waals surface area contributed by atoms with Crippen molar-refractivity contribution in [2.24, 2.45) is 5.84 Å². The van der Waals surface area contributed by atoms with Gasteiger partial charge in [0.05, 0.1) is 16.9 Å². The van der Waals surface area contributed by atoms with E-state index in [0.717, 1.165) is 36.0 Å². The van der Waals surface area contributed by atoms with Crippen molar-refractivity contribution in [3.63, 3.8) is 0 Å². The number of likely N-dealkylation sites (N-methyl/N-ethyl adjacent to an activating group) is 1. The van der Waals surface area contributed by atoms with Crippen molar-refractivity contribution in [3.05, 3.63) is 83.1 Å². The molecule has 1 fully saturated rings. The van der Waals surface area contributed by atoms with Gasteiger partial charge in [0.2, 0.25) is 0 Å². The van der Waals surface area contributed by atoms with Gasteiger partial charge in [0, 0.05) is 81.4 Å². The summed E-state index contributed by atoms with van der Waals surface area (Å²) in [6.07, 6.45) is 1.89. The van der Waals surface area contributed by atoms with Gasteiger partial charge in [0.1, 0.15) is 6.33 Å². The maximum atomic E-state index is 14.0. The Labute approximate surface area is 238 Å². The number of aryl methyl sites for hydroxylation is 1. The minimum Gasteiger partial charge on any atom is -0.376 e. The monoisotopic (exact) mass is 568 g/mol. The first-order valence-electron chi connectivity index (χ1n) is 13.1. The van der Waals surface area contributed by atoms with E-state index in [1.165, 1.54) is 18.3 Å². The van der Waals surface area contributed by atoms with E-state index >= 15 is 0 Å². The summed E-state index contributed by atoms with van der Waals surface area (Å²) < 4.78 is 42.0. The average molecular weight is 569 g/mol. The van der Waals surface area contributed by atoms with E-state index in [9.17, 15) is 18.0 Å². The van der Waals surface area contributed by atoms with Crippen molar-refractivity contribution in [2.75, 3.05) is 62.5 Å². The molecule has 2 aromatic carbocycles. The second-order valence-corrected chi connectivity index (χ2v) is 10.4. The van der Waals surface area contributed by atoms with Gasteiger partial charge >= 0.3 is 6.18 Å². The fourth-order valence-corrected chi connectivity index (χ4v) is 4.75.